The third-order valence-corrected chi connectivity index (χ3v) is 5.86. The molecule has 0 saturated heterocycles. The minimum absolute atomic E-state index is 0.134. The van der Waals surface area contributed by atoms with E-state index in [1.54, 1.807) is 24.3 Å². The molecular weight excluding hydrogens is 591 g/mol. The first-order chi connectivity index (χ1) is 16.5. The maximum absolute atomic E-state index is 12.3. The summed E-state index contributed by atoms with van der Waals surface area (Å²) < 4.78 is 27.2. The summed E-state index contributed by atoms with van der Waals surface area (Å²) in [5.41, 5.74) is 6.59. The Hall–Kier alpha value is -3.45. The van der Waals surface area contributed by atoms with E-state index >= 15 is 0 Å². The van der Waals surface area contributed by atoms with Gasteiger partial charge in [-0.2, -0.15) is 30.0 Å². The second kappa shape index (κ2) is 10.7. The molecule has 2 aromatic heterocycles. The summed E-state index contributed by atoms with van der Waals surface area (Å²) in [6.45, 7) is 0. The van der Waals surface area contributed by atoms with Crippen LogP contribution >= 0.6 is 40.1 Å². The number of nitrogens with zero attached hydrogens (tertiary/aromatic N) is 6. The van der Waals surface area contributed by atoms with Crippen molar-refractivity contribution in [2.24, 2.45) is 0 Å². The Balaban J connectivity index is 1.44. The van der Waals surface area contributed by atoms with Crippen LogP contribution in [0.5, 0.6) is 0 Å². The van der Waals surface area contributed by atoms with E-state index in [0.29, 0.717) is 11.4 Å². The highest BCUT2D eigenvalue weighted by atomic mass is 79.9. The van der Waals surface area contributed by atoms with E-state index in [-0.39, 0.29) is 23.0 Å². The van der Waals surface area contributed by atoms with Crippen molar-refractivity contribution in [2.45, 2.75) is 0 Å². The number of aromatic nitrogens is 4. The van der Waals surface area contributed by atoms with Crippen LogP contribution in [0.3, 0.4) is 0 Å². The van der Waals surface area contributed by atoms with Gasteiger partial charge in [-0.3, -0.25) is 4.57 Å². The topological polar surface area (TPSA) is 143 Å². The summed E-state index contributed by atoms with van der Waals surface area (Å²) in [7, 11) is -3.12. The lowest BCUT2D eigenvalue weighted by atomic mass is 10.3. The van der Waals surface area contributed by atoms with Crippen molar-refractivity contribution in [3.63, 3.8) is 0 Å². The zero-order valence-electron chi connectivity index (χ0n) is 16.9. The summed E-state index contributed by atoms with van der Waals surface area (Å²) >= 11 is 6.72. The van der Waals surface area contributed by atoms with Gasteiger partial charge in [-0.15, -0.1) is 0 Å². The first kappa shape index (κ1) is 23.7. The molecule has 2 heterocycles. The molecule has 0 aliphatic carbocycles. The quantitative estimate of drug-likeness (QED) is 0.207. The summed E-state index contributed by atoms with van der Waals surface area (Å²) in [5.74, 6) is 0.542. The van der Waals surface area contributed by atoms with Gasteiger partial charge < -0.3 is 0 Å². The molecular formula is C20H13Br2N8O3P. The highest BCUT2D eigenvalue weighted by molar-refractivity contribution is 9.10. The van der Waals surface area contributed by atoms with Gasteiger partial charge in [0, 0.05) is 21.1 Å². The maximum Gasteiger partial charge on any atom is 0.361 e. The average Bonchev–Trinajstić information content (AvgIpc) is 3.46. The van der Waals surface area contributed by atoms with E-state index in [0.717, 1.165) is 8.95 Å². The smallest absolute Gasteiger partial charge is 0.259 e. The van der Waals surface area contributed by atoms with Gasteiger partial charge in [0.2, 0.25) is 0 Å². The monoisotopic (exact) mass is 602 g/mol. The number of hydrogen-bond acceptors (Lipinski definition) is 9. The van der Waals surface area contributed by atoms with Crippen LogP contribution in [0.25, 0.3) is 11.4 Å². The minimum Gasteiger partial charge on any atom is -0.259 e. The Labute approximate surface area is 210 Å². The van der Waals surface area contributed by atoms with Gasteiger partial charge in [-0.1, -0.05) is 31.9 Å². The fourth-order valence-electron chi connectivity index (χ4n) is 2.78. The van der Waals surface area contributed by atoms with Crippen molar-refractivity contribution in [1.29, 1.82) is 10.5 Å². The Morgan fingerprint density at radius 2 is 1.15 bits per heavy atom. The molecule has 0 unspecified atom stereocenters. The van der Waals surface area contributed by atoms with E-state index < -0.39 is 8.25 Å². The average molecular weight is 604 g/mol. The minimum atomic E-state index is -3.12. The molecule has 0 spiro atoms. The van der Waals surface area contributed by atoms with Crippen LogP contribution in [0.1, 0.15) is 11.4 Å². The molecule has 4 aromatic rings. The first-order valence-electron chi connectivity index (χ1n) is 9.38. The van der Waals surface area contributed by atoms with Gasteiger partial charge in [0.25, 0.3) is 0 Å². The van der Waals surface area contributed by atoms with E-state index in [1.165, 1.54) is 21.5 Å². The van der Waals surface area contributed by atoms with Crippen LogP contribution in [0, 0.1) is 22.7 Å². The number of rotatable bonds is 8. The molecule has 0 bridgehead atoms. The molecule has 0 saturated carbocycles. The summed E-state index contributed by atoms with van der Waals surface area (Å²) in [6.07, 6.45) is 0. The highest BCUT2D eigenvalue weighted by Crippen LogP contribution is 2.28. The molecule has 4 rings (SSSR count). The molecule has 0 radical (unpaired) electrons. The molecule has 14 heteroatoms. The SMILES string of the molecule is N#Cc1cc(NO[PH](=O)ONc2cc(C#N)nn2-c2ccc(Br)cc2)n(-c2ccc(Br)cc2)n1. The van der Waals surface area contributed by atoms with E-state index in [1.807, 2.05) is 36.4 Å². The van der Waals surface area contributed by atoms with Gasteiger partial charge in [-0.25, -0.2) is 20.3 Å². The largest absolute Gasteiger partial charge is 0.361 e. The lowest BCUT2D eigenvalue weighted by molar-refractivity contribution is 0.293. The maximum atomic E-state index is 12.3. The molecule has 0 aliphatic rings. The third-order valence-electron chi connectivity index (χ3n) is 4.27. The van der Waals surface area contributed by atoms with Crippen molar-refractivity contribution in [3.8, 4) is 23.5 Å². The van der Waals surface area contributed by atoms with Crippen molar-refractivity contribution in [1.82, 2.24) is 19.6 Å². The molecule has 0 aliphatic heterocycles. The number of hydrogen-bond donors (Lipinski definition) is 2. The van der Waals surface area contributed by atoms with Gasteiger partial charge in [-0.05, 0) is 48.5 Å². The standard InChI is InChI=1S/C20H13Br2N8O3P/c21-13-1-5-17(6-2-13)29-19(9-15(11-23)25-29)27-32-34(31)33-28-20-10-16(12-24)26-30(20)18-7-3-14(22)4-8-18/h1-10,27-28,34H. The fraction of sp³-hybridized carbons (Fsp3) is 0. The van der Waals surface area contributed by atoms with Crippen LogP contribution in [-0.2, 0) is 13.8 Å². The van der Waals surface area contributed by atoms with Crippen LogP contribution in [0.2, 0.25) is 0 Å². The second-order valence-electron chi connectivity index (χ2n) is 6.49. The molecule has 2 aromatic carbocycles. The van der Waals surface area contributed by atoms with Crippen molar-refractivity contribution >= 4 is 51.8 Å². The van der Waals surface area contributed by atoms with E-state index in [4.69, 9.17) is 9.25 Å². The molecule has 0 amide bonds. The highest BCUT2D eigenvalue weighted by Gasteiger charge is 2.14. The van der Waals surface area contributed by atoms with Crippen LogP contribution in [-0.4, -0.2) is 19.6 Å². The summed E-state index contributed by atoms with van der Waals surface area (Å²) in [5, 5.41) is 26.7. The third kappa shape index (κ3) is 5.54. The van der Waals surface area contributed by atoms with Crippen LogP contribution in [0.15, 0.2) is 69.6 Å². The number of halogens is 2. The van der Waals surface area contributed by atoms with Gasteiger partial charge in [0.1, 0.15) is 12.1 Å². The predicted octanol–water partition coefficient (Wildman–Crippen LogP) is 5.10. The Morgan fingerprint density at radius 3 is 1.50 bits per heavy atom. The second-order valence-corrected chi connectivity index (χ2v) is 9.23. The van der Waals surface area contributed by atoms with Crippen molar-refractivity contribution < 1.29 is 13.8 Å². The summed E-state index contributed by atoms with van der Waals surface area (Å²) in [6, 6.07) is 21.1. The number of benzene rings is 2. The number of anilines is 2. The molecule has 34 heavy (non-hydrogen) atoms. The van der Waals surface area contributed by atoms with Crippen molar-refractivity contribution in [3.05, 3.63) is 81.0 Å². The Bertz CT molecular complexity index is 1310. The lowest BCUT2D eigenvalue weighted by Crippen LogP contribution is -2.07. The summed E-state index contributed by atoms with van der Waals surface area (Å²) in [4.78, 5) is 0. The molecule has 170 valence electrons. The van der Waals surface area contributed by atoms with Gasteiger partial charge in [0.05, 0.1) is 11.4 Å². The zero-order valence-corrected chi connectivity index (χ0v) is 21.1. The fourth-order valence-corrected chi connectivity index (χ4v) is 3.73. The van der Waals surface area contributed by atoms with E-state index in [9.17, 15) is 15.1 Å². The molecule has 11 nitrogen and oxygen atoms in total. The van der Waals surface area contributed by atoms with E-state index in [2.05, 4.69) is 53.0 Å². The lowest BCUT2D eigenvalue weighted by Gasteiger charge is -2.11. The van der Waals surface area contributed by atoms with Gasteiger partial charge in [0.15, 0.2) is 23.0 Å². The zero-order chi connectivity index (χ0) is 24.1. The number of nitrogens with one attached hydrogen (secondary N) is 2. The predicted molar refractivity (Wildman–Crippen MR) is 130 cm³/mol. The molecule has 0 atom stereocenters. The molecule has 2 N–H and O–H groups in total. The van der Waals surface area contributed by atoms with Crippen molar-refractivity contribution in [2.75, 3.05) is 11.0 Å². The molecule has 0 fully saturated rings. The number of nitriles is 2. The van der Waals surface area contributed by atoms with Gasteiger partial charge >= 0.3 is 8.25 Å². The van der Waals surface area contributed by atoms with Crippen LogP contribution < -0.4 is 11.0 Å². The first-order valence-corrected chi connectivity index (χ1v) is 12.2. The van der Waals surface area contributed by atoms with Crippen LogP contribution in [0.4, 0.5) is 11.6 Å². The Morgan fingerprint density at radius 1 is 0.765 bits per heavy atom. The normalized spacial score (nSPS) is 10.6. The Kier molecular flexibility index (Phi) is 7.43.